The molecule has 5 rings (SSSR count). The lowest BCUT2D eigenvalue weighted by Gasteiger charge is -2.29. The number of nitrogens with one attached hydrogen (secondary N) is 1. The van der Waals surface area contributed by atoms with Crippen molar-refractivity contribution in [3.8, 4) is 11.1 Å². The minimum Gasteiger partial charge on any atom is -0.343 e. The van der Waals surface area contributed by atoms with E-state index in [0.29, 0.717) is 5.69 Å². The van der Waals surface area contributed by atoms with Crippen molar-refractivity contribution >= 4 is 11.6 Å². The molecule has 3 heterocycles. The van der Waals surface area contributed by atoms with E-state index < -0.39 is 0 Å². The zero-order valence-corrected chi connectivity index (χ0v) is 15.0. The fourth-order valence-electron chi connectivity index (χ4n) is 3.94. The Labute approximate surface area is 157 Å². The van der Waals surface area contributed by atoms with E-state index >= 15 is 0 Å². The number of nitrogens with zero attached hydrogens (tertiary/aromatic N) is 2. The van der Waals surface area contributed by atoms with Crippen molar-refractivity contribution in [1.82, 2.24) is 14.7 Å². The number of hydrogen-bond donors (Lipinski definition) is 1. The third kappa shape index (κ3) is 2.53. The van der Waals surface area contributed by atoms with Crippen LogP contribution in [0.3, 0.4) is 0 Å². The van der Waals surface area contributed by atoms with Gasteiger partial charge in [0, 0.05) is 12.1 Å². The van der Waals surface area contributed by atoms with Crippen LogP contribution in [0.15, 0.2) is 79.0 Å². The first-order valence-corrected chi connectivity index (χ1v) is 9.15. The minimum absolute atomic E-state index is 0.0704. The molecule has 1 aliphatic heterocycles. The largest absolute Gasteiger partial charge is 0.343 e. The average molecular weight is 353 g/mol. The van der Waals surface area contributed by atoms with Gasteiger partial charge >= 0.3 is 0 Å². The first-order chi connectivity index (χ1) is 13.2. The number of hydrogen-bond acceptors (Lipinski definition) is 2. The summed E-state index contributed by atoms with van der Waals surface area (Å²) in [6.07, 6.45) is 1.89. The van der Waals surface area contributed by atoms with Crippen LogP contribution < -0.4 is 5.32 Å². The second kappa shape index (κ2) is 6.09. The molecule has 0 aliphatic carbocycles. The number of benzene rings is 2. The summed E-state index contributed by atoms with van der Waals surface area (Å²) in [6, 6.07) is 24.4. The molecule has 4 nitrogen and oxygen atoms in total. The summed E-state index contributed by atoms with van der Waals surface area (Å²) in [7, 11) is 0. The lowest BCUT2D eigenvalue weighted by atomic mass is 9.87. The molecule has 0 saturated carbocycles. The molecule has 2 unspecified atom stereocenters. The van der Waals surface area contributed by atoms with E-state index in [1.165, 1.54) is 11.1 Å². The van der Waals surface area contributed by atoms with Crippen molar-refractivity contribution in [2.45, 2.75) is 18.9 Å². The Kier molecular flexibility index (Phi) is 3.57. The Morgan fingerprint density at radius 2 is 1.59 bits per heavy atom. The van der Waals surface area contributed by atoms with Crippen LogP contribution in [0.2, 0.25) is 0 Å². The molecule has 1 aliphatic rings. The van der Waals surface area contributed by atoms with E-state index in [-0.39, 0.29) is 17.9 Å². The highest BCUT2D eigenvalue weighted by atomic mass is 16.2. The van der Waals surface area contributed by atoms with Gasteiger partial charge in [0.05, 0.1) is 11.7 Å². The predicted octanol–water partition coefficient (Wildman–Crippen LogP) is 4.59. The molecule has 1 N–H and O–H groups in total. The van der Waals surface area contributed by atoms with Gasteiger partial charge in [0.1, 0.15) is 11.3 Å². The highest BCUT2D eigenvalue weighted by Gasteiger charge is 2.35. The molecule has 2 aromatic heterocycles. The Morgan fingerprint density at radius 3 is 2.37 bits per heavy atom. The highest BCUT2D eigenvalue weighted by molar-refractivity contribution is 5.96. The van der Waals surface area contributed by atoms with Crippen LogP contribution in [0.1, 0.15) is 40.6 Å². The van der Waals surface area contributed by atoms with E-state index in [9.17, 15) is 4.79 Å². The van der Waals surface area contributed by atoms with Gasteiger partial charge < -0.3 is 5.32 Å². The molecule has 0 fully saturated rings. The summed E-state index contributed by atoms with van der Waals surface area (Å²) >= 11 is 0. The monoisotopic (exact) mass is 353 g/mol. The van der Waals surface area contributed by atoms with Crippen LogP contribution >= 0.6 is 0 Å². The molecule has 4 heteroatoms. The fourth-order valence-corrected chi connectivity index (χ4v) is 3.94. The highest BCUT2D eigenvalue weighted by Crippen LogP contribution is 2.37. The predicted molar refractivity (Wildman–Crippen MR) is 106 cm³/mol. The van der Waals surface area contributed by atoms with Crippen LogP contribution in [-0.4, -0.2) is 15.3 Å². The van der Waals surface area contributed by atoms with Crippen LogP contribution in [-0.2, 0) is 0 Å². The SMILES string of the molecule is CC1c2nc3ccccn3c2C(=O)NC1c1ccc(-c2ccccc2)cc1. The molecule has 0 spiro atoms. The third-order valence-electron chi connectivity index (χ3n) is 5.37. The van der Waals surface area contributed by atoms with E-state index in [4.69, 9.17) is 4.98 Å². The van der Waals surface area contributed by atoms with Crippen molar-refractivity contribution in [2.24, 2.45) is 0 Å². The zero-order valence-electron chi connectivity index (χ0n) is 15.0. The summed E-state index contributed by atoms with van der Waals surface area (Å²) in [5.41, 5.74) is 5.77. The van der Waals surface area contributed by atoms with Crippen LogP contribution in [0.4, 0.5) is 0 Å². The molecule has 2 atom stereocenters. The molecule has 27 heavy (non-hydrogen) atoms. The Balaban J connectivity index is 1.52. The fraction of sp³-hybridized carbons (Fsp3) is 0.130. The molecule has 132 valence electrons. The second-order valence-corrected chi connectivity index (χ2v) is 7.00. The van der Waals surface area contributed by atoms with Crippen LogP contribution in [0.25, 0.3) is 16.8 Å². The van der Waals surface area contributed by atoms with Crippen molar-refractivity contribution in [3.05, 3.63) is 95.9 Å². The smallest absolute Gasteiger partial charge is 0.270 e. The molecule has 4 aromatic rings. The lowest BCUT2D eigenvalue weighted by molar-refractivity contribution is 0.0909. The second-order valence-electron chi connectivity index (χ2n) is 7.00. The Morgan fingerprint density at radius 1 is 0.889 bits per heavy atom. The topological polar surface area (TPSA) is 46.4 Å². The number of carbonyl (C=O) groups excluding carboxylic acids is 1. The van der Waals surface area contributed by atoms with Gasteiger partial charge in [-0.1, -0.05) is 67.6 Å². The third-order valence-corrected chi connectivity index (χ3v) is 5.37. The number of carbonyl (C=O) groups is 1. The number of aromatic nitrogens is 2. The average Bonchev–Trinajstić information content (AvgIpc) is 3.12. The van der Waals surface area contributed by atoms with Gasteiger partial charge in [-0.05, 0) is 28.8 Å². The van der Waals surface area contributed by atoms with Crippen molar-refractivity contribution in [1.29, 1.82) is 0 Å². The number of pyridine rings is 1. The first-order valence-electron chi connectivity index (χ1n) is 9.15. The maximum Gasteiger partial charge on any atom is 0.270 e. The van der Waals surface area contributed by atoms with Gasteiger partial charge in [-0.25, -0.2) is 4.98 Å². The normalized spacial score (nSPS) is 18.9. The van der Waals surface area contributed by atoms with Crippen molar-refractivity contribution in [3.63, 3.8) is 0 Å². The molecule has 0 saturated heterocycles. The van der Waals surface area contributed by atoms with Gasteiger partial charge in [0.25, 0.3) is 5.91 Å². The molecule has 0 bridgehead atoms. The summed E-state index contributed by atoms with van der Waals surface area (Å²) in [5, 5.41) is 3.18. The summed E-state index contributed by atoms with van der Waals surface area (Å²) in [4.78, 5) is 17.5. The maximum absolute atomic E-state index is 12.8. The maximum atomic E-state index is 12.8. The Bertz CT molecular complexity index is 1130. The number of rotatable bonds is 2. The quantitative estimate of drug-likeness (QED) is 0.573. The summed E-state index contributed by atoms with van der Waals surface area (Å²) in [5.74, 6) is 0.0270. The molecular weight excluding hydrogens is 334 g/mol. The first kappa shape index (κ1) is 15.8. The van der Waals surface area contributed by atoms with Gasteiger partial charge in [-0.3, -0.25) is 9.20 Å². The Hall–Kier alpha value is -3.40. The minimum atomic E-state index is -0.0836. The van der Waals surface area contributed by atoms with Crippen LogP contribution in [0.5, 0.6) is 0 Å². The van der Waals surface area contributed by atoms with Gasteiger partial charge in [0.2, 0.25) is 0 Å². The van der Waals surface area contributed by atoms with Gasteiger partial charge in [-0.15, -0.1) is 0 Å². The summed E-state index contributed by atoms with van der Waals surface area (Å²) < 4.78 is 1.87. The molecular formula is C23H19N3O. The van der Waals surface area contributed by atoms with E-state index in [2.05, 4.69) is 48.6 Å². The number of amides is 1. The van der Waals surface area contributed by atoms with Crippen molar-refractivity contribution < 1.29 is 4.79 Å². The van der Waals surface area contributed by atoms with E-state index in [0.717, 1.165) is 16.9 Å². The van der Waals surface area contributed by atoms with E-state index in [1.54, 1.807) is 0 Å². The summed E-state index contributed by atoms with van der Waals surface area (Å²) in [6.45, 7) is 2.13. The van der Waals surface area contributed by atoms with Gasteiger partial charge in [-0.2, -0.15) is 0 Å². The van der Waals surface area contributed by atoms with Crippen molar-refractivity contribution in [2.75, 3.05) is 0 Å². The van der Waals surface area contributed by atoms with Gasteiger partial charge in [0.15, 0.2) is 0 Å². The van der Waals surface area contributed by atoms with Crippen LogP contribution in [0, 0.1) is 0 Å². The number of imidazole rings is 1. The standard InChI is InChI=1S/C23H19N3O/c1-15-20(18-12-10-17(11-13-18)16-7-3-2-4-8-16)25-23(27)22-21(15)24-19-9-5-6-14-26(19)22/h2-15,20H,1H3,(H,25,27). The number of fused-ring (bicyclic) bond motifs is 3. The zero-order chi connectivity index (χ0) is 18.4. The van der Waals surface area contributed by atoms with E-state index in [1.807, 2.05) is 47.0 Å². The molecule has 1 amide bonds. The molecule has 0 radical (unpaired) electrons. The molecule has 2 aromatic carbocycles. The lowest BCUT2D eigenvalue weighted by Crippen LogP contribution is -2.38.